The highest BCUT2D eigenvalue weighted by atomic mass is 32.1. The fraction of sp³-hybridized carbons (Fsp3) is 0.545. The largest absolute Gasteiger partial charge is 0.330 e. The summed E-state index contributed by atoms with van der Waals surface area (Å²) in [5, 5.41) is 10.7. The van der Waals surface area contributed by atoms with Crippen molar-refractivity contribution in [1.82, 2.24) is 0 Å². The van der Waals surface area contributed by atoms with Gasteiger partial charge in [0.15, 0.2) is 0 Å². The van der Waals surface area contributed by atoms with Crippen LogP contribution in [0.1, 0.15) is 30.7 Å². The van der Waals surface area contributed by atoms with Gasteiger partial charge in [-0.1, -0.05) is 13.8 Å². The summed E-state index contributed by atoms with van der Waals surface area (Å²) in [5.74, 6) is 0. The average molecular weight is 206 g/mol. The monoisotopic (exact) mass is 206 g/mol. The lowest BCUT2D eigenvalue weighted by Gasteiger charge is -2.16. The quantitative estimate of drug-likeness (QED) is 0.806. The van der Waals surface area contributed by atoms with Crippen molar-refractivity contribution < 1.29 is 0 Å². The summed E-state index contributed by atoms with van der Waals surface area (Å²) in [6, 6.07) is 4.16. The Bertz CT molecular complexity index is 400. The smallest absolute Gasteiger partial charge is 0.100 e. The maximum Gasteiger partial charge on any atom is 0.100 e. The first-order chi connectivity index (χ1) is 6.55. The predicted molar refractivity (Wildman–Crippen MR) is 58.2 cm³/mol. The molecule has 1 aromatic rings. The van der Waals surface area contributed by atoms with E-state index in [1.54, 1.807) is 11.3 Å². The van der Waals surface area contributed by atoms with Gasteiger partial charge in [-0.3, -0.25) is 0 Å². The second-order valence-electron chi connectivity index (χ2n) is 4.66. The van der Waals surface area contributed by atoms with E-state index in [0.717, 1.165) is 12.0 Å². The van der Waals surface area contributed by atoms with Crippen molar-refractivity contribution in [2.45, 2.75) is 25.7 Å². The number of hydrogen-bond donors (Lipinski definition) is 1. The van der Waals surface area contributed by atoms with Crippen LogP contribution in [0.15, 0.2) is 11.4 Å². The topological polar surface area (TPSA) is 49.8 Å². The summed E-state index contributed by atoms with van der Waals surface area (Å²) in [7, 11) is 0. The van der Waals surface area contributed by atoms with Gasteiger partial charge in [-0.05, 0) is 17.9 Å². The van der Waals surface area contributed by atoms with Crippen LogP contribution in [0.5, 0.6) is 0 Å². The highest BCUT2D eigenvalue weighted by Gasteiger charge is 2.61. The summed E-state index contributed by atoms with van der Waals surface area (Å²) in [6.45, 7) is 5.17. The molecule has 1 aromatic heterocycles. The lowest BCUT2D eigenvalue weighted by Crippen LogP contribution is -2.24. The molecule has 0 aromatic carbocycles. The summed E-state index contributed by atoms with van der Waals surface area (Å²) in [4.78, 5) is 1.28. The molecule has 2 rings (SSSR count). The van der Waals surface area contributed by atoms with Gasteiger partial charge in [-0.2, -0.15) is 5.26 Å². The van der Waals surface area contributed by atoms with Crippen LogP contribution in [0.2, 0.25) is 0 Å². The second kappa shape index (κ2) is 2.82. The normalized spacial score (nSPS) is 28.4. The number of nitrogens with two attached hydrogens (primary N) is 1. The van der Waals surface area contributed by atoms with Gasteiger partial charge in [0.05, 0.1) is 5.56 Å². The van der Waals surface area contributed by atoms with E-state index in [1.165, 1.54) is 4.88 Å². The van der Waals surface area contributed by atoms with Gasteiger partial charge in [-0.15, -0.1) is 11.3 Å². The van der Waals surface area contributed by atoms with Gasteiger partial charge in [0.2, 0.25) is 0 Å². The van der Waals surface area contributed by atoms with Crippen molar-refractivity contribution in [3.8, 4) is 6.07 Å². The summed E-state index contributed by atoms with van der Waals surface area (Å²) >= 11 is 1.67. The van der Waals surface area contributed by atoms with E-state index < -0.39 is 0 Å². The molecule has 2 nitrogen and oxygen atoms in total. The van der Waals surface area contributed by atoms with E-state index in [-0.39, 0.29) is 5.41 Å². The molecule has 0 spiro atoms. The molecule has 0 radical (unpaired) electrons. The fourth-order valence-electron chi connectivity index (χ4n) is 2.23. The number of thiophene rings is 1. The van der Waals surface area contributed by atoms with Crippen molar-refractivity contribution in [3.05, 3.63) is 21.9 Å². The molecule has 74 valence electrons. The van der Waals surface area contributed by atoms with Crippen LogP contribution in [-0.4, -0.2) is 6.54 Å². The molecule has 1 atom stereocenters. The highest BCUT2D eigenvalue weighted by molar-refractivity contribution is 7.10. The van der Waals surface area contributed by atoms with E-state index in [4.69, 9.17) is 11.0 Å². The Kier molecular flexibility index (Phi) is 1.95. The first-order valence-corrected chi connectivity index (χ1v) is 5.63. The Morgan fingerprint density at radius 1 is 1.64 bits per heavy atom. The molecule has 14 heavy (non-hydrogen) atoms. The van der Waals surface area contributed by atoms with Crippen LogP contribution in [0.4, 0.5) is 0 Å². The van der Waals surface area contributed by atoms with Crippen LogP contribution >= 0.6 is 11.3 Å². The molecule has 3 heteroatoms. The fourth-order valence-corrected chi connectivity index (χ4v) is 3.45. The first-order valence-electron chi connectivity index (χ1n) is 4.75. The average Bonchev–Trinajstić information content (AvgIpc) is 2.57. The maximum absolute atomic E-state index is 8.77. The van der Waals surface area contributed by atoms with Crippen LogP contribution in [0.3, 0.4) is 0 Å². The lowest BCUT2D eigenvalue weighted by molar-refractivity contribution is 0.509. The van der Waals surface area contributed by atoms with Crippen LogP contribution < -0.4 is 5.73 Å². The first kappa shape index (κ1) is 9.70. The van der Waals surface area contributed by atoms with Crippen LogP contribution in [-0.2, 0) is 5.41 Å². The second-order valence-corrected chi connectivity index (χ2v) is 5.57. The van der Waals surface area contributed by atoms with E-state index >= 15 is 0 Å². The third-order valence-electron chi connectivity index (χ3n) is 3.46. The third kappa shape index (κ3) is 1.11. The van der Waals surface area contributed by atoms with Crippen molar-refractivity contribution in [3.63, 3.8) is 0 Å². The number of nitrogens with zero attached hydrogens (tertiary/aromatic N) is 1. The molecule has 1 fully saturated rings. The summed E-state index contributed by atoms with van der Waals surface area (Å²) < 4.78 is 0. The Balaban J connectivity index is 2.36. The summed E-state index contributed by atoms with van der Waals surface area (Å²) in [6.07, 6.45) is 1.14. The van der Waals surface area contributed by atoms with Crippen molar-refractivity contribution in [2.24, 2.45) is 11.1 Å². The maximum atomic E-state index is 8.77. The Hall–Kier alpha value is -0.850. The van der Waals surface area contributed by atoms with E-state index in [1.807, 2.05) is 11.4 Å². The highest BCUT2D eigenvalue weighted by Crippen LogP contribution is 2.64. The minimum absolute atomic E-state index is 0.146. The Morgan fingerprint density at radius 3 is 2.64 bits per heavy atom. The zero-order valence-corrected chi connectivity index (χ0v) is 9.32. The van der Waals surface area contributed by atoms with Gasteiger partial charge in [0.25, 0.3) is 0 Å². The predicted octanol–water partition coefficient (Wildman–Crippen LogP) is 2.25. The molecule has 1 aliphatic rings. The van der Waals surface area contributed by atoms with Crippen molar-refractivity contribution >= 4 is 11.3 Å². The van der Waals surface area contributed by atoms with Gasteiger partial charge in [0.1, 0.15) is 6.07 Å². The zero-order chi connectivity index (χ0) is 10.4. The van der Waals surface area contributed by atoms with E-state index in [2.05, 4.69) is 19.9 Å². The minimum Gasteiger partial charge on any atom is -0.330 e. The van der Waals surface area contributed by atoms with E-state index in [0.29, 0.717) is 12.0 Å². The SMILES string of the molecule is CC1(C)CC1(CN)c1cc(C#N)cs1. The number of rotatable bonds is 2. The van der Waals surface area contributed by atoms with Crippen molar-refractivity contribution in [2.75, 3.05) is 6.54 Å². The molecule has 0 saturated heterocycles. The van der Waals surface area contributed by atoms with Gasteiger partial charge in [0, 0.05) is 22.2 Å². The zero-order valence-electron chi connectivity index (χ0n) is 8.50. The molecule has 1 aliphatic carbocycles. The molecule has 1 saturated carbocycles. The Labute approximate surface area is 88.4 Å². The van der Waals surface area contributed by atoms with Gasteiger partial charge >= 0.3 is 0 Å². The standard InChI is InChI=1S/C11H14N2S/c1-10(2)6-11(10,7-13)9-3-8(4-12)5-14-9/h3,5H,6-7,13H2,1-2H3. The van der Waals surface area contributed by atoms with Gasteiger partial charge in [-0.25, -0.2) is 0 Å². The van der Waals surface area contributed by atoms with Gasteiger partial charge < -0.3 is 5.73 Å². The molecule has 0 bridgehead atoms. The summed E-state index contributed by atoms with van der Waals surface area (Å²) in [5.41, 5.74) is 7.07. The molecular formula is C11H14N2S. The molecule has 1 unspecified atom stereocenters. The number of nitriles is 1. The van der Waals surface area contributed by atoms with Crippen LogP contribution in [0, 0.1) is 16.7 Å². The molecule has 0 aliphatic heterocycles. The van der Waals surface area contributed by atoms with Crippen LogP contribution in [0.25, 0.3) is 0 Å². The molecule has 1 heterocycles. The van der Waals surface area contributed by atoms with Crippen molar-refractivity contribution in [1.29, 1.82) is 5.26 Å². The number of hydrogen-bond acceptors (Lipinski definition) is 3. The molecule has 0 amide bonds. The molecular weight excluding hydrogens is 192 g/mol. The third-order valence-corrected chi connectivity index (χ3v) is 4.60. The Morgan fingerprint density at radius 2 is 2.29 bits per heavy atom. The molecule has 2 N–H and O–H groups in total. The van der Waals surface area contributed by atoms with E-state index in [9.17, 15) is 0 Å². The minimum atomic E-state index is 0.146. The lowest BCUT2D eigenvalue weighted by atomic mass is 9.94.